The third-order valence-corrected chi connectivity index (χ3v) is 6.50. The first-order valence-electron chi connectivity index (χ1n) is 11.6. The number of hydrogen-bond acceptors (Lipinski definition) is 4. The summed E-state index contributed by atoms with van der Waals surface area (Å²) in [4.78, 5) is 29.9. The lowest BCUT2D eigenvalue weighted by molar-refractivity contribution is -0.116. The molecule has 0 bridgehead atoms. The van der Waals surface area contributed by atoms with Crippen molar-refractivity contribution in [3.63, 3.8) is 0 Å². The molecule has 0 aliphatic carbocycles. The van der Waals surface area contributed by atoms with E-state index in [2.05, 4.69) is 51.8 Å². The van der Waals surface area contributed by atoms with E-state index in [1.165, 1.54) is 11.7 Å². The number of hydrogen-bond donors (Lipinski definition) is 1. The highest BCUT2D eigenvalue weighted by Gasteiger charge is 2.16. The Morgan fingerprint density at radius 3 is 2.31 bits per heavy atom. The van der Waals surface area contributed by atoms with E-state index in [4.69, 9.17) is 0 Å². The second-order valence-corrected chi connectivity index (χ2v) is 8.69. The molecule has 6 aromatic rings. The molecular weight excluding hydrogens is 436 g/mol. The summed E-state index contributed by atoms with van der Waals surface area (Å²) in [5.74, 6) is -0.226. The largest absolute Gasteiger partial charge is 0.326 e. The van der Waals surface area contributed by atoms with Gasteiger partial charge in [-0.3, -0.25) is 9.59 Å². The predicted octanol–water partition coefficient (Wildman–Crippen LogP) is 5.83. The number of anilines is 1. The lowest BCUT2D eigenvalue weighted by atomic mass is 9.90. The average molecular weight is 459 g/mol. The zero-order valence-corrected chi connectivity index (χ0v) is 18.9. The summed E-state index contributed by atoms with van der Waals surface area (Å²) in [6.45, 7) is 0.498. The normalized spacial score (nSPS) is 11.4. The molecule has 0 unspecified atom stereocenters. The van der Waals surface area contributed by atoms with Crippen molar-refractivity contribution in [2.24, 2.45) is 0 Å². The second-order valence-electron chi connectivity index (χ2n) is 8.69. The van der Waals surface area contributed by atoms with Crippen molar-refractivity contribution in [1.29, 1.82) is 0 Å². The molecule has 0 spiro atoms. The molecule has 1 N–H and O–H groups in total. The van der Waals surface area contributed by atoms with Gasteiger partial charge in [0.05, 0.1) is 6.54 Å². The quantitative estimate of drug-likeness (QED) is 0.241. The molecule has 0 radical (unpaired) electrons. The van der Waals surface area contributed by atoms with Crippen LogP contribution in [0.25, 0.3) is 32.3 Å². The maximum Gasteiger partial charge on any atom is 0.224 e. The van der Waals surface area contributed by atoms with Crippen molar-refractivity contribution < 1.29 is 9.59 Å². The first kappa shape index (κ1) is 21.0. The molecule has 0 saturated carbocycles. The Labute approximate surface area is 201 Å². The number of nitrogens with one attached hydrogen (secondary N) is 1. The summed E-state index contributed by atoms with van der Waals surface area (Å²) in [7, 11) is 0. The van der Waals surface area contributed by atoms with Crippen molar-refractivity contribution >= 4 is 49.7 Å². The van der Waals surface area contributed by atoms with E-state index in [-0.39, 0.29) is 24.5 Å². The van der Waals surface area contributed by atoms with E-state index >= 15 is 0 Å². The van der Waals surface area contributed by atoms with Gasteiger partial charge >= 0.3 is 0 Å². The monoisotopic (exact) mass is 458 g/mol. The van der Waals surface area contributed by atoms with Crippen molar-refractivity contribution in [1.82, 2.24) is 14.8 Å². The van der Waals surface area contributed by atoms with E-state index in [0.29, 0.717) is 17.8 Å². The van der Waals surface area contributed by atoms with Gasteiger partial charge in [-0.1, -0.05) is 72.8 Å². The molecule has 0 aliphatic heterocycles. The van der Waals surface area contributed by atoms with E-state index in [1.807, 2.05) is 42.5 Å². The fourth-order valence-corrected chi connectivity index (χ4v) is 4.82. The lowest BCUT2D eigenvalue weighted by Gasteiger charge is -2.14. The molecule has 0 fully saturated rings. The first-order valence-corrected chi connectivity index (χ1v) is 11.6. The number of Topliss-reactive ketones (excluding diaryl/α,β-unsaturated/α-hetero) is 1. The predicted molar refractivity (Wildman–Crippen MR) is 138 cm³/mol. The van der Waals surface area contributed by atoms with Gasteiger partial charge in [-0.2, -0.15) is 5.10 Å². The maximum atomic E-state index is 13.2. The molecule has 1 aromatic heterocycles. The minimum absolute atomic E-state index is 0.0333. The number of nitrogens with zero attached hydrogens (tertiary/aromatic N) is 3. The first-order chi connectivity index (χ1) is 17.2. The van der Waals surface area contributed by atoms with Crippen LogP contribution in [0, 0.1) is 0 Å². The molecule has 5 aromatic carbocycles. The average Bonchev–Trinajstić information content (AvgIpc) is 3.40. The second kappa shape index (κ2) is 8.65. The van der Waals surface area contributed by atoms with Crippen LogP contribution in [0.2, 0.25) is 0 Å². The highest BCUT2D eigenvalue weighted by molar-refractivity contribution is 6.26. The number of ketones is 1. The minimum atomic E-state index is -0.192. The SMILES string of the molecule is O=C(CCC(=O)c1ccc2ccc3cccc4ccc1c2c34)Nc1ccccc1Cn1cncn1. The Bertz CT molecular complexity index is 1670. The number of rotatable bonds is 7. The van der Waals surface area contributed by atoms with Gasteiger partial charge in [0.25, 0.3) is 0 Å². The Morgan fingerprint density at radius 2 is 1.51 bits per heavy atom. The lowest BCUT2D eigenvalue weighted by Crippen LogP contribution is -2.15. The minimum Gasteiger partial charge on any atom is -0.326 e. The van der Waals surface area contributed by atoms with Gasteiger partial charge < -0.3 is 5.32 Å². The van der Waals surface area contributed by atoms with Gasteiger partial charge in [0.1, 0.15) is 12.7 Å². The number of benzene rings is 5. The van der Waals surface area contributed by atoms with Crippen LogP contribution in [-0.2, 0) is 11.3 Å². The van der Waals surface area contributed by atoms with Crippen LogP contribution in [0.1, 0.15) is 28.8 Å². The van der Waals surface area contributed by atoms with Crippen LogP contribution < -0.4 is 5.32 Å². The fourth-order valence-electron chi connectivity index (χ4n) is 4.82. The third kappa shape index (κ3) is 3.89. The number of carbonyl (C=O) groups excluding carboxylic acids is 2. The van der Waals surface area contributed by atoms with Crippen LogP contribution in [0.3, 0.4) is 0 Å². The molecule has 170 valence electrons. The van der Waals surface area contributed by atoms with Crippen LogP contribution >= 0.6 is 0 Å². The van der Waals surface area contributed by atoms with Gasteiger partial charge in [-0.05, 0) is 43.9 Å². The van der Waals surface area contributed by atoms with E-state index in [1.54, 1.807) is 11.0 Å². The molecule has 35 heavy (non-hydrogen) atoms. The van der Waals surface area contributed by atoms with Crippen molar-refractivity contribution in [3.8, 4) is 0 Å². The number of carbonyl (C=O) groups is 2. The van der Waals surface area contributed by atoms with Crippen LogP contribution in [0.5, 0.6) is 0 Å². The fraction of sp³-hybridized carbons (Fsp3) is 0.103. The Balaban J connectivity index is 1.22. The van der Waals surface area contributed by atoms with Crippen molar-refractivity contribution in [3.05, 3.63) is 103 Å². The van der Waals surface area contributed by atoms with E-state index in [0.717, 1.165) is 32.5 Å². The zero-order chi connectivity index (χ0) is 23.8. The number of para-hydroxylation sites is 1. The molecule has 1 heterocycles. The molecule has 1 amide bonds. The van der Waals surface area contributed by atoms with Crippen LogP contribution in [-0.4, -0.2) is 26.5 Å². The molecule has 0 atom stereocenters. The molecule has 0 saturated heterocycles. The summed E-state index contributed by atoms with van der Waals surface area (Å²) in [5, 5.41) is 13.7. The summed E-state index contributed by atoms with van der Waals surface area (Å²) in [6.07, 6.45) is 3.36. The molecule has 0 aliphatic rings. The van der Waals surface area contributed by atoms with E-state index < -0.39 is 0 Å². The number of amides is 1. The smallest absolute Gasteiger partial charge is 0.224 e. The van der Waals surface area contributed by atoms with Gasteiger partial charge in [0.2, 0.25) is 5.91 Å². The van der Waals surface area contributed by atoms with E-state index in [9.17, 15) is 9.59 Å². The van der Waals surface area contributed by atoms with Gasteiger partial charge in [0.15, 0.2) is 5.78 Å². The standard InChI is InChI=1S/C29H22N4O2/c34-26(14-15-27(35)32-25-7-2-1-4-22(25)16-33-18-30-17-31-33)23-12-10-21-9-8-19-5-3-6-20-11-13-24(23)29(21)28(19)20/h1-13,17-18H,14-16H2,(H,32,35). The molecular formula is C29H22N4O2. The third-order valence-electron chi connectivity index (χ3n) is 6.50. The van der Waals surface area contributed by atoms with Crippen LogP contribution in [0.4, 0.5) is 5.69 Å². The molecule has 6 heteroatoms. The Hall–Kier alpha value is -4.58. The van der Waals surface area contributed by atoms with Gasteiger partial charge in [0, 0.05) is 24.1 Å². The summed E-state index contributed by atoms with van der Waals surface area (Å²) < 4.78 is 1.70. The molecule has 6 rings (SSSR count). The summed E-state index contributed by atoms with van der Waals surface area (Å²) in [5.41, 5.74) is 2.29. The van der Waals surface area contributed by atoms with Crippen molar-refractivity contribution in [2.75, 3.05) is 5.32 Å². The maximum absolute atomic E-state index is 13.2. The van der Waals surface area contributed by atoms with Gasteiger partial charge in [-0.25, -0.2) is 9.67 Å². The topological polar surface area (TPSA) is 76.9 Å². The van der Waals surface area contributed by atoms with Crippen molar-refractivity contribution in [2.45, 2.75) is 19.4 Å². The Morgan fingerprint density at radius 1 is 0.771 bits per heavy atom. The Kier molecular flexibility index (Phi) is 5.19. The zero-order valence-electron chi connectivity index (χ0n) is 18.9. The highest BCUT2D eigenvalue weighted by atomic mass is 16.2. The summed E-state index contributed by atoms with van der Waals surface area (Å²) in [6, 6.07) is 26.0. The summed E-state index contributed by atoms with van der Waals surface area (Å²) >= 11 is 0. The number of aromatic nitrogens is 3. The van der Waals surface area contributed by atoms with Crippen LogP contribution in [0.15, 0.2) is 91.5 Å². The van der Waals surface area contributed by atoms with Gasteiger partial charge in [-0.15, -0.1) is 0 Å². The highest BCUT2D eigenvalue weighted by Crippen LogP contribution is 2.36. The molecule has 6 nitrogen and oxygen atoms in total.